The average Bonchev–Trinajstić information content (AvgIpc) is 2.91. The molecule has 0 bridgehead atoms. The number of amides is 1. The van der Waals surface area contributed by atoms with Gasteiger partial charge in [0.05, 0.1) is 15.9 Å². The van der Waals surface area contributed by atoms with Gasteiger partial charge < -0.3 is 0 Å². The summed E-state index contributed by atoms with van der Waals surface area (Å²) in [6.45, 7) is 0. The van der Waals surface area contributed by atoms with Crippen LogP contribution in [0.2, 0.25) is 5.02 Å². The lowest BCUT2D eigenvalue weighted by atomic mass is 9.84. The molecule has 0 spiro atoms. The van der Waals surface area contributed by atoms with Gasteiger partial charge in [0.2, 0.25) is 5.91 Å². The summed E-state index contributed by atoms with van der Waals surface area (Å²) in [5, 5.41) is 1.39. The van der Waals surface area contributed by atoms with Crippen LogP contribution >= 0.6 is 22.9 Å². The number of para-hydroxylation sites is 1. The molecule has 1 amide bonds. The molecule has 5 heteroatoms. The van der Waals surface area contributed by atoms with E-state index in [0.29, 0.717) is 5.02 Å². The molecule has 3 nitrogen and oxygen atoms in total. The van der Waals surface area contributed by atoms with E-state index in [-0.39, 0.29) is 11.8 Å². The smallest absolute Gasteiger partial charge is 0.236 e. The van der Waals surface area contributed by atoms with E-state index < -0.39 is 0 Å². The second-order valence-corrected chi connectivity index (χ2v) is 7.19. The summed E-state index contributed by atoms with van der Waals surface area (Å²) in [6.07, 6.45) is 3.06. The maximum atomic E-state index is 12.9. The van der Waals surface area contributed by atoms with Crippen LogP contribution in [-0.2, 0) is 4.79 Å². The van der Waals surface area contributed by atoms with Gasteiger partial charge in [0, 0.05) is 10.9 Å². The van der Waals surface area contributed by atoms with Gasteiger partial charge in [0.15, 0.2) is 5.13 Å². The summed E-state index contributed by atoms with van der Waals surface area (Å²) >= 11 is 7.54. The Labute approximate surface area is 143 Å². The quantitative estimate of drug-likeness (QED) is 0.637. The number of nitrogens with zero attached hydrogens (tertiary/aromatic N) is 2. The third-order valence-electron chi connectivity index (χ3n) is 4.23. The fourth-order valence-corrected chi connectivity index (χ4v) is 3.83. The predicted molar refractivity (Wildman–Crippen MR) is 95.6 cm³/mol. The molecule has 116 valence electrons. The van der Waals surface area contributed by atoms with Crippen LogP contribution in [0, 0.1) is 5.92 Å². The largest absolute Gasteiger partial charge is 0.274 e. The summed E-state index contributed by atoms with van der Waals surface area (Å²) in [6, 6.07) is 15.3. The highest BCUT2D eigenvalue weighted by Crippen LogP contribution is 2.38. The highest BCUT2D eigenvalue weighted by atomic mass is 35.5. The van der Waals surface area contributed by atoms with Crippen molar-refractivity contribution >= 4 is 49.9 Å². The SMILES string of the molecule is O=C(C1CCC1)N(c1ccc(Cl)cc1)c1nc2ccccc2s1. The Morgan fingerprint density at radius 2 is 1.87 bits per heavy atom. The third kappa shape index (κ3) is 2.73. The number of benzene rings is 2. The Balaban J connectivity index is 1.80. The minimum Gasteiger partial charge on any atom is -0.274 e. The number of fused-ring (bicyclic) bond motifs is 1. The van der Waals surface area contributed by atoms with Crippen molar-refractivity contribution in [3.63, 3.8) is 0 Å². The number of halogens is 1. The fourth-order valence-electron chi connectivity index (χ4n) is 2.72. The fraction of sp³-hybridized carbons (Fsp3) is 0.222. The lowest BCUT2D eigenvalue weighted by Crippen LogP contribution is -2.35. The Hall–Kier alpha value is -1.91. The van der Waals surface area contributed by atoms with Crippen molar-refractivity contribution in [2.45, 2.75) is 19.3 Å². The van der Waals surface area contributed by atoms with Crippen molar-refractivity contribution in [3.8, 4) is 0 Å². The number of rotatable bonds is 3. The van der Waals surface area contributed by atoms with Crippen molar-refractivity contribution in [1.29, 1.82) is 0 Å². The topological polar surface area (TPSA) is 33.2 Å². The highest BCUT2D eigenvalue weighted by molar-refractivity contribution is 7.22. The summed E-state index contributed by atoms with van der Waals surface area (Å²) in [4.78, 5) is 19.4. The Bertz CT molecular complexity index is 822. The van der Waals surface area contributed by atoms with Crippen LogP contribution in [0.25, 0.3) is 10.2 Å². The standard InChI is InChI=1S/C18H15ClN2OS/c19-13-8-10-14(11-9-13)21(17(22)12-4-3-5-12)18-20-15-6-1-2-7-16(15)23-18/h1-2,6-12H,3-5H2. The molecule has 2 aromatic carbocycles. The number of carbonyl (C=O) groups excluding carboxylic acids is 1. The van der Waals surface area contributed by atoms with Crippen LogP contribution in [0.1, 0.15) is 19.3 Å². The van der Waals surface area contributed by atoms with Crippen molar-refractivity contribution in [2.75, 3.05) is 4.90 Å². The van der Waals surface area contributed by atoms with Crippen molar-refractivity contribution in [3.05, 3.63) is 53.6 Å². The third-order valence-corrected chi connectivity index (χ3v) is 5.51. The number of hydrogen-bond acceptors (Lipinski definition) is 3. The van der Waals surface area contributed by atoms with Gasteiger partial charge in [-0.1, -0.05) is 41.5 Å². The molecule has 23 heavy (non-hydrogen) atoms. The summed E-state index contributed by atoms with van der Waals surface area (Å²) < 4.78 is 1.09. The molecule has 0 atom stereocenters. The van der Waals surface area contributed by atoms with E-state index in [9.17, 15) is 4.79 Å². The molecular formula is C18H15ClN2OS. The van der Waals surface area contributed by atoms with Crippen LogP contribution < -0.4 is 4.90 Å². The molecular weight excluding hydrogens is 328 g/mol. The van der Waals surface area contributed by atoms with Crippen molar-refractivity contribution in [2.24, 2.45) is 5.92 Å². The molecule has 0 aliphatic heterocycles. The van der Waals surface area contributed by atoms with Gasteiger partial charge in [-0.15, -0.1) is 0 Å². The van der Waals surface area contributed by atoms with E-state index in [4.69, 9.17) is 11.6 Å². The number of thiazole rings is 1. The first kappa shape index (κ1) is 14.7. The lowest BCUT2D eigenvalue weighted by Gasteiger charge is -2.30. The molecule has 0 unspecified atom stereocenters. The first-order valence-corrected chi connectivity index (χ1v) is 8.87. The van der Waals surface area contributed by atoms with Crippen LogP contribution in [0.3, 0.4) is 0 Å². The number of anilines is 2. The first-order valence-electron chi connectivity index (χ1n) is 7.67. The minimum atomic E-state index is 0.109. The monoisotopic (exact) mass is 342 g/mol. The van der Waals surface area contributed by atoms with Crippen molar-refractivity contribution in [1.82, 2.24) is 4.98 Å². The molecule has 0 saturated heterocycles. The number of hydrogen-bond donors (Lipinski definition) is 0. The lowest BCUT2D eigenvalue weighted by molar-refractivity contribution is -0.123. The van der Waals surface area contributed by atoms with E-state index >= 15 is 0 Å². The number of carbonyl (C=O) groups is 1. The maximum Gasteiger partial charge on any atom is 0.236 e. The molecule has 1 aliphatic carbocycles. The molecule has 1 aromatic heterocycles. The molecule has 1 fully saturated rings. The van der Waals surface area contributed by atoms with Gasteiger partial charge in [0.1, 0.15) is 0 Å². The van der Waals surface area contributed by atoms with Crippen LogP contribution in [0.5, 0.6) is 0 Å². The van der Waals surface area contributed by atoms with E-state index in [0.717, 1.165) is 40.3 Å². The minimum absolute atomic E-state index is 0.109. The second-order valence-electron chi connectivity index (χ2n) is 5.74. The molecule has 3 aromatic rings. The van der Waals surface area contributed by atoms with E-state index in [1.165, 1.54) is 0 Å². The molecule has 1 aliphatic rings. The molecule has 0 radical (unpaired) electrons. The molecule has 0 N–H and O–H groups in total. The van der Waals surface area contributed by atoms with Crippen LogP contribution in [0.15, 0.2) is 48.5 Å². The average molecular weight is 343 g/mol. The van der Waals surface area contributed by atoms with Gasteiger partial charge in [0.25, 0.3) is 0 Å². The summed E-state index contributed by atoms with van der Waals surface area (Å²) in [7, 11) is 0. The van der Waals surface area contributed by atoms with E-state index in [1.807, 2.05) is 48.5 Å². The van der Waals surface area contributed by atoms with E-state index in [2.05, 4.69) is 4.98 Å². The zero-order valence-corrected chi connectivity index (χ0v) is 14.0. The van der Waals surface area contributed by atoms with Gasteiger partial charge in [-0.25, -0.2) is 4.98 Å². The Morgan fingerprint density at radius 3 is 2.52 bits per heavy atom. The maximum absolute atomic E-state index is 12.9. The summed E-state index contributed by atoms with van der Waals surface area (Å²) in [5.74, 6) is 0.246. The van der Waals surface area contributed by atoms with Crippen molar-refractivity contribution < 1.29 is 4.79 Å². The first-order chi connectivity index (χ1) is 11.2. The molecule has 1 heterocycles. The summed E-state index contributed by atoms with van der Waals surface area (Å²) in [5.41, 5.74) is 1.75. The zero-order valence-electron chi connectivity index (χ0n) is 12.4. The molecule has 4 rings (SSSR count). The van der Waals surface area contributed by atoms with Gasteiger partial charge in [-0.3, -0.25) is 9.69 Å². The normalized spacial score (nSPS) is 14.7. The number of aromatic nitrogens is 1. The second kappa shape index (κ2) is 5.95. The van der Waals surface area contributed by atoms with Crippen LogP contribution in [0.4, 0.5) is 10.8 Å². The van der Waals surface area contributed by atoms with Gasteiger partial charge in [-0.05, 0) is 49.2 Å². The van der Waals surface area contributed by atoms with E-state index in [1.54, 1.807) is 16.2 Å². The predicted octanol–water partition coefficient (Wildman–Crippen LogP) is 5.41. The van der Waals surface area contributed by atoms with Gasteiger partial charge >= 0.3 is 0 Å². The Morgan fingerprint density at radius 1 is 1.13 bits per heavy atom. The zero-order chi connectivity index (χ0) is 15.8. The highest BCUT2D eigenvalue weighted by Gasteiger charge is 2.32. The van der Waals surface area contributed by atoms with Crippen LogP contribution in [-0.4, -0.2) is 10.9 Å². The Kier molecular flexibility index (Phi) is 3.79. The molecule has 1 saturated carbocycles. The van der Waals surface area contributed by atoms with Gasteiger partial charge in [-0.2, -0.15) is 0 Å².